The minimum absolute atomic E-state index is 0.0219. The maximum absolute atomic E-state index is 12.6. The van der Waals surface area contributed by atoms with E-state index >= 15 is 0 Å². The molecule has 0 spiro atoms. The zero-order valence-electron chi connectivity index (χ0n) is 59.3. The zero-order chi connectivity index (χ0) is 62.8. The van der Waals surface area contributed by atoms with E-state index in [0.29, 0.717) is 19.4 Å². The maximum atomic E-state index is 12.6. The fourth-order valence-corrected chi connectivity index (χ4v) is 12.9. The van der Waals surface area contributed by atoms with E-state index in [0.717, 1.165) is 38.5 Å². The molecule has 0 aliphatic rings. The summed E-state index contributed by atoms with van der Waals surface area (Å²) in [7, 11) is 0. The molecule has 0 aromatic heterocycles. The Balaban J connectivity index is 3.37. The van der Waals surface area contributed by atoms with Gasteiger partial charge in [0.1, 0.15) is 0 Å². The molecule has 0 rings (SSSR count). The molecular weight excluding hydrogens is 1070 g/mol. The van der Waals surface area contributed by atoms with Crippen LogP contribution in [0.25, 0.3) is 0 Å². The van der Waals surface area contributed by atoms with Gasteiger partial charge in [-0.05, 0) is 57.8 Å². The second kappa shape index (κ2) is 76.8. The van der Waals surface area contributed by atoms with Crippen LogP contribution in [0.3, 0.4) is 0 Å². The van der Waals surface area contributed by atoms with Crippen LogP contribution in [0.2, 0.25) is 0 Å². The Kier molecular flexibility index (Phi) is 75.3. The molecule has 0 aromatic carbocycles. The molecule has 0 saturated carbocycles. The molecule has 0 bridgehead atoms. The highest BCUT2D eigenvalue weighted by molar-refractivity contribution is 5.76. The van der Waals surface area contributed by atoms with Crippen molar-refractivity contribution in [2.45, 2.75) is 469 Å². The Bertz CT molecular complexity index is 1360. The van der Waals surface area contributed by atoms with E-state index in [-0.39, 0.29) is 18.5 Å². The summed E-state index contributed by atoms with van der Waals surface area (Å²) >= 11 is 0. The number of allylic oxidation sites excluding steroid dienone is 3. The summed E-state index contributed by atoms with van der Waals surface area (Å²) in [5, 5.41) is 23.3. The quantitative estimate of drug-likeness (QED) is 0.0320. The molecule has 0 radical (unpaired) electrons. The largest absolute Gasteiger partial charge is 0.466 e. The summed E-state index contributed by atoms with van der Waals surface area (Å²) < 4.78 is 5.50. The lowest BCUT2D eigenvalue weighted by molar-refractivity contribution is -0.143. The lowest BCUT2D eigenvalue weighted by Crippen LogP contribution is -2.45. The van der Waals surface area contributed by atoms with Crippen molar-refractivity contribution in [3.8, 4) is 0 Å². The number of hydrogen-bond acceptors (Lipinski definition) is 5. The van der Waals surface area contributed by atoms with Crippen LogP contribution < -0.4 is 5.32 Å². The van der Waals surface area contributed by atoms with Crippen molar-refractivity contribution in [1.82, 2.24) is 5.32 Å². The fourth-order valence-electron chi connectivity index (χ4n) is 12.9. The predicted octanol–water partition coefficient (Wildman–Crippen LogP) is 26.4. The number of carbonyl (C=O) groups excluding carboxylic acids is 2. The minimum Gasteiger partial charge on any atom is -0.466 e. The summed E-state index contributed by atoms with van der Waals surface area (Å²) in [4.78, 5) is 24.6. The van der Waals surface area contributed by atoms with E-state index in [1.807, 2.05) is 6.08 Å². The number of esters is 1. The molecule has 516 valence electrons. The van der Waals surface area contributed by atoms with E-state index in [1.165, 1.54) is 392 Å². The Labute approximate surface area is 545 Å². The third kappa shape index (κ3) is 73.3. The van der Waals surface area contributed by atoms with Crippen LogP contribution in [0, 0.1) is 0 Å². The Hall–Kier alpha value is -1.66. The average Bonchev–Trinajstić information content (AvgIpc) is 3.54. The highest BCUT2D eigenvalue weighted by Crippen LogP contribution is 2.20. The van der Waals surface area contributed by atoms with Crippen molar-refractivity contribution >= 4 is 11.9 Å². The first-order valence-electron chi connectivity index (χ1n) is 40.1. The highest BCUT2D eigenvalue weighted by atomic mass is 16.5. The molecule has 0 aliphatic carbocycles. The van der Waals surface area contributed by atoms with Crippen molar-refractivity contribution in [3.63, 3.8) is 0 Å². The van der Waals surface area contributed by atoms with Crippen LogP contribution in [0.4, 0.5) is 0 Å². The van der Waals surface area contributed by atoms with E-state index < -0.39 is 12.1 Å². The Morgan fingerprint density at radius 3 is 0.816 bits per heavy atom. The molecule has 0 saturated heterocycles. The third-order valence-corrected chi connectivity index (χ3v) is 19.0. The van der Waals surface area contributed by atoms with Crippen molar-refractivity contribution < 1.29 is 24.5 Å². The van der Waals surface area contributed by atoms with Gasteiger partial charge in [-0.1, -0.05) is 411 Å². The molecule has 0 fully saturated rings. The molecule has 2 atom stereocenters. The first-order valence-corrected chi connectivity index (χ1v) is 40.1. The summed E-state index contributed by atoms with van der Waals surface area (Å²) in [6, 6.07) is -0.627. The summed E-state index contributed by atoms with van der Waals surface area (Å²) in [6.07, 6.45) is 98.8. The number of aliphatic hydroxyl groups is 2. The molecule has 0 aromatic rings. The Morgan fingerprint density at radius 1 is 0.310 bits per heavy atom. The van der Waals surface area contributed by atoms with Gasteiger partial charge in [-0.3, -0.25) is 9.59 Å². The van der Waals surface area contributed by atoms with Gasteiger partial charge in [-0.25, -0.2) is 0 Å². The first kappa shape index (κ1) is 85.3. The fraction of sp³-hybridized carbons (Fsp3) is 0.926. The smallest absolute Gasteiger partial charge is 0.305 e. The summed E-state index contributed by atoms with van der Waals surface area (Å²) in [5.41, 5.74) is 0. The van der Waals surface area contributed by atoms with E-state index in [2.05, 4.69) is 31.3 Å². The third-order valence-electron chi connectivity index (χ3n) is 19.0. The lowest BCUT2D eigenvalue weighted by atomic mass is 10.0. The molecular formula is C81H157NO5. The number of unbranched alkanes of at least 4 members (excludes halogenated alkanes) is 63. The van der Waals surface area contributed by atoms with Gasteiger partial charge in [0.25, 0.3) is 0 Å². The molecule has 6 heteroatoms. The number of amides is 1. The predicted molar refractivity (Wildman–Crippen MR) is 384 cm³/mol. The van der Waals surface area contributed by atoms with E-state index in [9.17, 15) is 19.8 Å². The average molecular weight is 1230 g/mol. The number of nitrogens with one attached hydrogen (secondary N) is 1. The molecule has 6 nitrogen and oxygen atoms in total. The first-order chi connectivity index (χ1) is 43.0. The standard InChI is InChI=1S/C81H157NO5/c1-3-5-7-9-11-13-15-17-19-20-21-22-33-36-39-42-46-49-53-57-61-65-69-73-79(84)78(77-83)82-80(85)74-70-66-62-58-54-50-47-43-40-37-34-31-29-27-25-23-24-26-28-30-32-35-38-41-44-48-52-56-60-64-68-72-76-87-81(86)75-71-67-63-59-55-51-45-18-16-14-12-10-8-6-4-2/h26,28,69,73,78-79,83-84H,3-25,27,29-68,70-72,74-77H2,1-2H3,(H,82,85)/b28-26-,73-69+. The van der Waals surface area contributed by atoms with Gasteiger partial charge in [0.15, 0.2) is 0 Å². The molecule has 1 amide bonds. The molecule has 3 N–H and O–H groups in total. The second-order valence-corrected chi connectivity index (χ2v) is 27.8. The monoisotopic (exact) mass is 1220 g/mol. The molecule has 0 aliphatic heterocycles. The van der Waals surface area contributed by atoms with E-state index in [1.54, 1.807) is 6.08 Å². The van der Waals surface area contributed by atoms with Gasteiger partial charge < -0.3 is 20.3 Å². The van der Waals surface area contributed by atoms with Crippen LogP contribution in [0.5, 0.6) is 0 Å². The maximum Gasteiger partial charge on any atom is 0.305 e. The summed E-state index contributed by atoms with van der Waals surface area (Å²) in [5.74, 6) is -0.0382. The zero-order valence-corrected chi connectivity index (χ0v) is 59.3. The van der Waals surface area contributed by atoms with Gasteiger partial charge in [0.2, 0.25) is 5.91 Å². The van der Waals surface area contributed by atoms with Gasteiger partial charge in [-0.15, -0.1) is 0 Å². The normalized spacial score (nSPS) is 12.6. The van der Waals surface area contributed by atoms with Crippen LogP contribution in [-0.2, 0) is 14.3 Å². The highest BCUT2D eigenvalue weighted by Gasteiger charge is 2.18. The second-order valence-electron chi connectivity index (χ2n) is 27.8. The molecule has 87 heavy (non-hydrogen) atoms. The molecule has 0 heterocycles. The van der Waals surface area contributed by atoms with Gasteiger partial charge in [0.05, 0.1) is 25.4 Å². The van der Waals surface area contributed by atoms with Gasteiger partial charge in [-0.2, -0.15) is 0 Å². The number of carbonyl (C=O) groups is 2. The SMILES string of the molecule is CCCCCCCCCCCCCCCCCCCCCCC/C=C/C(O)C(CO)NC(=O)CCCCCCCCCCCCCCCCCC/C=C\CCCCCCCCCCCCCCOC(=O)CCCCCCCCCCCCCCCCC. The van der Waals surface area contributed by atoms with Crippen molar-refractivity contribution in [2.24, 2.45) is 0 Å². The molecule has 2 unspecified atom stereocenters. The van der Waals surface area contributed by atoms with E-state index in [4.69, 9.17) is 4.74 Å². The number of ether oxygens (including phenoxy) is 1. The van der Waals surface area contributed by atoms with Crippen molar-refractivity contribution in [3.05, 3.63) is 24.3 Å². The van der Waals surface area contributed by atoms with Gasteiger partial charge >= 0.3 is 5.97 Å². The van der Waals surface area contributed by atoms with Gasteiger partial charge in [0, 0.05) is 12.8 Å². The Morgan fingerprint density at radius 2 is 0.540 bits per heavy atom. The van der Waals surface area contributed by atoms with Crippen molar-refractivity contribution in [2.75, 3.05) is 13.2 Å². The number of hydrogen-bond donors (Lipinski definition) is 3. The lowest BCUT2D eigenvalue weighted by Gasteiger charge is -2.20. The summed E-state index contributed by atoms with van der Waals surface area (Å²) in [6.45, 7) is 4.96. The van der Waals surface area contributed by atoms with Crippen LogP contribution in [0.1, 0.15) is 457 Å². The topological polar surface area (TPSA) is 95.9 Å². The van der Waals surface area contributed by atoms with Crippen LogP contribution in [-0.4, -0.2) is 47.4 Å². The van der Waals surface area contributed by atoms with Crippen molar-refractivity contribution in [1.29, 1.82) is 0 Å². The number of aliphatic hydroxyl groups excluding tert-OH is 2. The minimum atomic E-state index is -0.844. The van der Waals surface area contributed by atoms with Crippen LogP contribution in [0.15, 0.2) is 24.3 Å². The van der Waals surface area contributed by atoms with Crippen LogP contribution >= 0.6 is 0 Å². The number of rotatable bonds is 76.